The van der Waals surface area contributed by atoms with Crippen molar-refractivity contribution in [3.8, 4) is 11.1 Å². The molecule has 0 saturated heterocycles. The summed E-state index contributed by atoms with van der Waals surface area (Å²) in [7, 11) is 1.25. The van der Waals surface area contributed by atoms with Gasteiger partial charge in [-0.15, -0.1) is 0 Å². The number of esters is 1. The first kappa shape index (κ1) is 13.8. The van der Waals surface area contributed by atoms with Gasteiger partial charge in [-0.3, -0.25) is 9.59 Å². The van der Waals surface area contributed by atoms with Gasteiger partial charge in [-0.1, -0.05) is 42.5 Å². The number of anilines is 1. The number of carbonyl (C=O) groups is 2. The minimum absolute atomic E-state index is 0.281. The van der Waals surface area contributed by atoms with Gasteiger partial charge in [0.2, 0.25) is 5.91 Å². The zero-order chi connectivity index (χ0) is 14.4. The van der Waals surface area contributed by atoms with Crippen molar-refractivity contribution in [2.45, 2.75) is 6.42 Å². The first-order valence-corrected chi connectivity index (χ1v) is 6.21. The van der Waals surface area contributed by atoms with Crippen LogP contribution in [0, 0.1) is 0 Å². The molecule has 1 amide bonds. The molecule has 2 aromatic carbocycles. The molecule has 4 heteroatoms. The van der Waals surface area contributed by atoms with Crippen LogP contribution in [0.5, 0.6) is 0 Å². The van der Waals surface area contributed by atoms with E-state index in [1.165, 1.54) is 7.11 Å². The maximum Gasteiger partial charge on any atom is 0.315 e. The fourth-order valence-corrected chi connectivity index (χ4v) is 1.79. The van der Waals surface area contributed by atoms with Crippen LogP contribution in [0.15, 0.2) is 54.6 Å². The molecule has 2 rings (SSSR count). The molecule has 0 spiro atoms. The fraction of sp³-hybridized carbons (Fsp3) is 0.125. The minimum Gasteiger partial charge on any atom is -0.469 e. The summed E-state index contributed by atoms with van der Waals surface area (Å²) in [5.41, 5.74) is 2.83. The third kappa shape index (κ3) is 3.68. The van der Waals surface area contributed by atoms with Gasteiger partial charge in [0.1, 0.15) is 6.42 Å². The quantitative estimate of drug-likeness (QED) is 0.686. The van der Waals surface area contributed by atoms with Crippen LogP contribution in [0.25, 0.3) is 11.1 Å². The summed E-state index contributed by atoms with van der Waals surface area (Å²) >= 11 is 0. The summed E-state index contributed by atoms with van der Waals surface area (Å²) in [6.45, 7) is 0. The molecule has 102 valence electrons. The Morgan fingerprint density at radius 3 is 2.15 bits per heavy atom. The molecule has 0 aromatic heterocycles. The summed E-state index contributed by atoms with van der Waals surface area (Å²) in [4.78, 5) is 22.5. The Hall–Kier alpha value is -2.62. The zero-order valence-corrected chi connectivity index (χ0v) is 11.1. The van der Waals surface area contributed by atoms with Crippen LogP contribution in [-0.4, -0.2) is 19.0 Å². The van der Waals surface area contributed by atoms with E-state index in [4.69, 9.17) is 0 Å². The number of carbonyl (C=O) groups excluding carboxylic acids is 2. The SMILES string of the molecule is COC(=O)CC(=O)Nc1ccc(-c2ccccc2)cc1. The smallest absolute Gasteiger partial charge is 0.315 e. The standard InChI is InChI=1S/C16H15NO3/c1-20-16(19)11-15(18)17-14-9-7-13(8-10-14)12-5-3-2-4-6-12/h2-10H,11H2,1H3,(H,17,18). The van der Waals surface area contributed by atoms with Gasteiger partial charge < -0.3 is 10.1 Å². The Balaban J connectivity index is 2.02. The molecule has 1 N–H and O–H groups in total. The summed E-state index contributed by atoms with van der Waals surface area (Å²) in [6, 6.07) is 17.4. The Labute approximate surface area is 117 Å². The first-order valence-electron chi connectivity index (χ1n) is 6.21. The molecular formula is C16H15NO3. The van der Waals surface area contributed by atoms with E-state index in [9.17, 15) is 9.59 Å². The number of hydrogen-bond donors (Lipinski definition) is 1. The highest BCUT2D eigenvalue weighted by atomic mass is 16.5. The number of benzene rings is 2. The lowest BCUT2D eigenvalue weighted by Crippen LogP contribution is -2.17. The zero-order valence-electron chi connectivity index (χ0n) is 11.1. The summed E-state index contributed by atoms with van der Waals surface area (Å²) < 4.78 is 4.44. The van der Waals surface area contributed by atoms with E-state index in [0.29, 0.717) is 5.69 Å². The minimum atomic E-state index is -0.552. The Morgan fingerprint density at radius 1 is 0.950 bits per heavy atom. The molecule has 0 aliphatic carbocycles. The number of rotatable bonds is 4. The van der Waals surface area contributed by atoms with Crippen molar-refractivity contribution >= 4 is 17.6 Å². The molecule has 0 bridgehead atoms. The molecule has 0 aliphatic heterocycles. The van der Waals surface area contributed by atoms with Gasteiger partial charge in [0, 0.05) is 5.69 Å². The average Bonchev–Trinajstić information content (AvgIpc) is 2.48. The Bertz CT molecular complexity index is 591. The summed E-state index contributed by atoms with van der Waals surface area (Å²) in [5.74, 6) is -0.937. The predicted molar refractivity (Wildman–Crippen MR) is 77.1 cm³/mol. The third-order valence-corrected chi connectivity index (χ3v) is 2.81. The number of nitrogens with one attached hydrogen (secondary N) is 1. The number of hydrogen-bond acceptors (Lipinski definition) is 3. The van der Waals surface area contributed by atoms with Gasteiger partial charge in [-0.05, 0) is 23.3 Å². The van der Waals surface area contributed by atoms with Crippen molar-refractivity contribution in [3.05, 3.63) is 54.6 Å². The highest BCUT2D eigenvalue weighted by molar-refractivity contribution is 6.01. The number of methoxy groups -OCH3 is 1. The molecule has 0 aliphatic rings. The lowest BCUT2D eigenvalue weighted by molar-refractivity contribution is -0.142. The second kappa shape index (κ2) is 6.52. The largest absolute Gasteiger partial charge is 0.469 e. The van der Waals surface area contributed by atoms with E-state index in [2.05, 4.69) is 10.1 Å². The van der Waals surface area contributed by atoms with Crippen molar-refractivity contribution in [2.75, 3.05) is 12.4 Å². The molecule has 0 fully saturated rings. The molecule has 2 aromatic rings. The van der Waals surface area contributed by atoms with Gasteiger partial charge in [0.05, 0.1) is 7.11 Å². The highest BCUT2D eigenvalue weighted by Gasteiger charge is 2.09. The van der Waals surface area contributed by atoms with Crippen molar-refractivity contribution in [1.82, 2.24) is 0 Å². The van der Waals surface area contributed by atoms with Crippen molar-refractivity contribution < 1.29 is 14.3 Å². The normalized spacial score (nSPS) is 9.85. The maximum atomic E-state index is 11.5. The monoisotopic (exact) mass is 269 g/mol. The molecule has 20 heavy (non-hydrogen) atoms. The van der Waals surface area contributed by atoms with Crippen LogP contribution >= 0.6 is 0 Å². The maximum absolute atomic E-state index is 11.5. The number of amides is 1. The second-order valence-electron chi connectivity index (χ2n) is 4.24. The molecule has 0 unspecified atom stereocenters. The van der Waals surface area contributed by atoms with Crippen LogP contribution in [0.3, 0.4) is 0 Å². The van der Waals surface area contributed by atoms with E-state index in [1.54, 1.807) is 12.1 Å². The second-order valence-corrected chi connectivity index (χ2v) is 4.24. The van der Waals surface area contributed by atoms with Crippen molar-refractivity contribution in [2.24, 2.45) is 0 Å². The van der Waals surface area contributed by atoms with E-state index < -0.39 is 5.97 Å². The Morgan fingerprint density at radius 2 is 1.55 bits per heavy atom. The molecule has 0 radical (unpaired) electrons. The molecule has 4 nitrogen and oxygen atoms in total. The predicted octanol–water partition coefficient (Wildman–Crippen LogP) is 2.86. The fourth-order valence-electron chi connectivity index (χ4n) is 1.79. The molecule has 0 heterocycles. The molecule has 0 atom stereocenters. The topological polar surface area (TPSA) is 55.4 Å². The molecule has 0 saturated carbocycles. The highest BCUT2D eigenvalue weighted by Crippen LogP contribution is 2.20. The van der Waals surface area contributed by atoms with Crippen LogP contribution in [-0.2, 0) is 14.3 Å². The van der Waals surface area contributed by atoms with E-state index >= 15 is 0 Å². The van der Waals surface area contributed by atoms with Gasteiger partial charge in [-0.2, -0.15) is 0 Å². The molecular weight excluding hydrogens is 254 g/mol. The van der Waals surface area contributed by atoms with Crippen LogP contribution in [0.4, 0.5) is 5.69 Å². The van der Waals surface area contributed by atoms with Gasteiger partial charge in [-0.25, -0.2) is 0 Å². The van der Waals surface area contributed by atoms with Crippen LogP contribution in [0.1, 0.15) is 6.42 Å². The van der Waals surface area contributed by atoms with Crippen LogP contribution < -0.4 is 5.32 Å². The van der Waals surface area contributed by atoms with Crippen LogP contribution in [0.2, 0.25) is 0 Å². The average molecular weight is 269 g/mol. The third-order valence-electron chi connectivity index (χ3n) is 2.81. The van der Waals surface area contributed by atoms with E-state index in [1.807, 2.05) is 42.5 Å². The lowest BCUT2D eigenvalue weighted by atomic mass is 10.1. The number of ether oxygens (including phenoxy) is 1. The van der Waals surface area contributed by atoms with Crippen molar-refractivity contribution in [1.29, 1.82) is 0 Å². The summed E-state index contributed by atoms with van der Waals surface area (Å²) in [6.07, 6.45) is -0.281. The Kier molecular flexibility index (Phi) is 4.50. The van der Waals surface area contributed by atoms with E-state index in [-0.39, 0.29) is 12.3 Å². The van der Waals surface area contributed by atoms with Gasteiger partial charge in [0.25, 0.3) is 0 Å². The van der Waals surface area contributed by atoms with Gasteiger partial charge in [0.15, 0.2) is 0 Å². The van der Waals surface area contributed by atoms with Gasteiger partial charge >= 0.3 is 5.97 Å². The lowest BCUT2D eigenvalue weighted by Gasteiger charge is -2.06. The van der Waals surface area contributed by atoms with E-state index in [0.717, 1.165) is 11.1 Å². The summed E-state index contributed by atoms with van der Waals surface area (Å²) in [5, 5.41) is 2.65. The first-order chi connectivity index (χ1) is 9.69. The van der Waals surface area contributed by atoms with Crippen molar-refractivity contribution in [3.63, 3.8) is 0 Å².